The fraction of sp³-hybridized carbons (Fsp3) is 0.353. The molecule has 29 heavy (non-hydrogen) atoms. The quantitative estimate of drug-likeness (QED) is 0.683. The summed E-state index contributed by atoms with van der Waals surface area (Å²) in [6.45, 7) is 0.845. The summed E-state index contributed by atoms with van der Waals surface area (Å²) in [4.78, 5) is 6.15. The highest BCUT2D eigenvalue weighted by atomic mass is 32.2. The minimum Gasteiger partial charge on any atom is -0.367 e. The molecule has 0 spiro atoms. The van der Waals surface area contributed by atoms with Crippen molar-refractivity contribution in [3.05, 3.63) is 48.2 Å². The zero-order valence-electron chi connectivity index (χ0n) is 14.7. The summed E-state index contributed by atoms with van der Waals surface area (Å²) in [5, 5.41) is 0. The molecule has 1 fully saturated rings. The zero-order chi connectivity index (χ0) is 21.4. The van der Waals surface area contributed by atoms with Gasteiger partial charge in [-0.3, -0.25) is 0 Å². The molecule has 1 saturated heterocycles. The van der Waals surface area contributed by atoms with E-state index in [1.54, 1.807) is 4.90 Å². The molecule has 12 heteroatoms. The van der Waals surface area contributed by atoms with Gasteiger partial charge < -0.3 is 9.80 Å². The first-order valence-corrected chi connectivity index (χ1v) is 9.83. The van der Waals surface area contributed by atoms with Crippen LogP contribution in [0.1, 0.15) is 5.56 Å². The van der Waals surface area contributed by atoms with Crippen LogP contribution >= 0.6 is 0 Å². The standard InChI is InChI=1S/C17H15F6N3O2S/c18-16(19,20)12-5-6-15(24-11-12)26-9-7-25(8-10-26)13-3-1-2-4-14(13)29(27,28)17(21,22)23/h1-6,11H,7-10H2. The van der Waals surface area contributed by atoms with Crippen LogP contribution in [0.2, 0.25) is 0 Å². The summed E-state index contributed by atoms with van der Waals surface area (Å²) >= 11 is 0. The number of hydrogen-bond acceptors (Lipinski definition) is 5. The van der Waals surface area contributed by atoms with Crippen molar-refractivity contribution in [1.82, 2.24) is 4.98 Å². The monoisotopic (exact) mass is 439 g/mol. The van der Waals surface area contributed by atoms with E-state index in [-0.39, 0.29) is 31.9 Å². The highest BCUT2D eigenvalue weighted by molar-refractivity contribution is 7.92. The van der Waals surface area contributed by atoms with Gasteiger partial charge in [0.05, 0.1) is 16.1 Å². The number of aromatic nitrogens is 1. The van der Waals surface area contributed by atoms with E-state index in [1.807, 2.05) is 0 Å². The van der Waals surface area contributed by atoms with Crippen LogP contribution in [0.25, 0.3) is 0 Å². The lowest BCUT2D eigenvalue weighted by Gasteiger charge is -2.37. The maximum Gasteiger partial charge on any atom is 0.501 e. The van der Waals surface area contributed by atoms with Gasteiger partial charge in [-0.25, -0.2) is 13.4 Å². The van der Waals surface area contributed by atoms with E-state index in [1.165, 1.54) is 29.2 Å². The average molecular weight is 439 g/mol. The van der Waals surface area contributed by atoms with Crippen LogP contribution in [0.4, 0.5) is 37.8 Å². The Hall–Kier alpha value is -2.50. The predicted octanol–water partition coefficient (Wildman–Crippen LogP) is 3.72. The van der Waals surface area contributed by atoms with E-state index in [4.69, 9.17) is 0 Å². The molecule has 0 bridgehead atoms. The Labute approximate surface area is 162 Å². The zero-order valence-corrected chi connectivity index (χ0v) is 15.5. The van der Waals surface area contributed by atoms with Crippen molar-refractivity contribution in [2.75, 3.05) is 36.0 Å². The molecular weight excluding hydrogens is 424 g/mol. The summed E-state index contributed by atoms with van der Waals surface area (Å²) in [7, 11) is -5.52. The van der Waals surface area contributed by atoms with Gasteiger partial charge in [-0.1, -0.05) is 12.1 Å². The van der Waals surface area contributed by atoms with Crippen molar-refractivity contribution >= 4 is 21.3 Å². The number of halogens is 6. The van der Waals surface area contributed by atoms with Crippen LogP contribution in [0.15, 0.2) is 47.5 Å². The van der Waals surface area contributed by atoms with E-state index < -0.39 is 32.0 Å². The molecule has 1 aromatic carbocycles. The second kappa shape index (κ2) is 7.39. The van der Waals surface area contributed by atoms with E-state index in [0.717, 1.165) is 12.1 Å². The number of alkyl halides is 6. The molecule has 1 aliphatic heterocycles. The van der Waals surface area contributed by atoms with Crippen LogP contribution in [0.3, 0.4) is 0 Å². The van der Waals surface area contributed by atoms with E-state index >= 15 is 0 Å². The Morgan fingerprint density at radius 2 is 1.41 bits per heavy atom. The van der Waals surface area contributed by atoms with Gasteiger partial charge in [0, 0.05) is 32.4 Å². The third kappa shape index (κ3) is 4.26. The van der Waals surface area contributed by atoms with Crippen LogP contribution in [0, 0.1) is 0 Å². The Balaban J connectivity index is 1.77. The molecule has 0 radical (unpaired) electrons. The molecule has 0 amide bonds. The second-order valence-corrected chi connectivity index (χ2v) is 8.20. The number of nitrogens with zero attached hydrogens (tertiary/aromatic N) is 3. The van der Waals surface area contributed by atoms with Gasteiger partial charge in [-0.2, -0.15) is 26.3 Å². The maximum atomic E-state index is 13.0. The molecule has 3 rings (SSSR count). The molecule has 158 valence electrons. The number of para-hydroxylation sites is 1. The van der Waals surface area contributed by atoms with Gasteiger partial charge in [0.2, 0.25) is 0 Å². The number of sulfone groups is 1. The molecule has 0 saturated carbocycles. The number of benzene rings is 1. The smallest absolute Gasteiger partial charge is 0.367 e. The van der Waals surface area contributed by atoms with Gasteiger partial charge in [0.15, 0.2) is 0 Å². The molecule has 0 atom stereocenters. The molecule has 1 aromatic heterocycles. The number of piperazine rings is 1. The summed E-state index contributed by atoms with van der Waals surface area (Å²) in [6.07, 6.45) is -3.79. The van der Waals surface area contributed by atoms with Crippen molar-refractivity contribution in [2.45, 2.75) is 16.6 Å². The normalized spacial score (nSPS) is 16.2. The van der Waals surface area contributed by atoms with Crippen LogP contribution in [-0.2, 0) is 16.0 Å². The number of rotatable bonds is 3. The van der Waals surface area contributed by atoms with E-state index in [0.29, 0.717) is 12.0 Å². The summed E-state index contributed by atoms with van der Waals surface area (Å²) in [5.41, 5.74) is -6.37. The van der Waals surface area contributed by atoms with Crippen molar-refractivity contribution in [1.29, 1.82) is 0 Å². The molecule has 0 N–H and O–H groups in total. The Kier molecular flexibility index (Phi) is 5.41. The fourth-order valence-electron chi connectivity index (χ4n) is 2.99. The number of pyridine rings is 1. The Bertz CT molecular complexity index is 966. The van der Waals surface area contributed by atoms with Crippen molar-refractivity contribution < 1.29 is 34.8 Å². The first kappa shape index (κ1) is 21.2. The van der Waals surface area contributed by atoms with Crippen LogP contribution < -0.4 is 9.80 Å². The van der Waals surface area contributed by atoms with Crippen molar-refractivity contribution in [3.8, 4) is 0 Å². The Morgan fingerprint density at radius 1 is 0.828 bits per heavy atom. The largest absolute Gasteiger partial charge is 0.501 e. The highest BCUT2D eigenvalue weighted by Gasteiger charge is 2.48. The first-order chi connectivity index (χ1) is 13.4. The van der Waals surface area contributed by atoms with Gasteiger partial charge in [-0.05, 0) is 24.3 Å². The van der Waals surface area contributed by atoms with Crippen molar-refractivity contribution in [2.24, 2.45) is 0 Å². The van der Waals surface area contributed by atoms with Crippen molar-refractivity contribution in [3.63, 3.8) is 0 Å². The lowest BCUT2D eigenvalue weighted by atomic mass is 10.2. The van der Waals surface area contributed by atoms with Gasteiger partial charge in [0.1, 0.15) is 5.82 Å². The molecule has 0 unspecified atom stereocenters. The van der Waals surface area contributed by atoms with Gasteiger partial charge >= 0.3 is 11.7 Å². The summed E-state index contributed by atoms with van der Waals surface area (Å²) in [5.74, 6) is 0.300. The van der Waals surface area contributed by atoms with Gasteiger partial charge in [-0.15, -0.1) is 0 Å². The average Bonchev–Trinajstić information content (AvgIpc) is 2.67. The third-order valence-electron chi connectivity index (χ3n) is 4.48. The first-order valence-electron chi connectivity index (χ1n) is 8.35. The third-order valence-corrected chi connectivity index (χ3v) is 6.01. The van der Waals surface area contributed by atoms with E-state index in [2.05, 4.69) is 4.98 Å². The van der Waals surface area contributed by atoms with Crippen LogP contribution in [0.5, 0.6) is 0 Å². The topological polar surface area (TPSA) is 53.5 Å². The predicted molar refractivity (Wildman–Crippen MR) is 93.3 cm³/mol. The SMILES string of the molecule is O=S(=O)(c1ccccc1N1CCN(c2ccc(C(F)(F)F)cn2)CC1)C(F)(F)F. The minimum absolute atomic E-state index is 0.0650. The summed E-state index contributed by atoms with van der Waals surface area (Å²) < 4.78 is 100. The number of anilines is 2. The molecule has 0 aliphatic carbocycles. The number of hydrogen-bond donors (Lipinski definition) is 0. The van der Waals surface area contributed by atoms with Gasteiger partial charge in [0.25, 0.3) is 9.84 Å². The molecule has 5 nitrogen and oxygen atoms in total. The molecule has 1 aliphatic rings. The summed E-state index contributed by atoms with van der Waals surface area (Å²) in [6, 6.07) is 6.98. The second-order valence-electron chi connectivity index (χ2n) is 6.29. The fourth-order valence-corrected chi connectivity index (χ4v) is 3.97. The molecular formula is C17H15F6N3O2S. The lowest BCUT2D eigenvalue weighted by molar-refractivity contribution is -0.137. The molecule has 2 aromatic rings. The minimum atomic E-state index is -5.52. The van der Waals surface area contributed by atoms with E-state index in [9.17, 15) is 34.8 Å². The Morgan fingerprint density at radius 3 is 1.93 bits per heavy atom. The maximum absolute atomic E-state index is 13.0. The lowest BCUT2D eigenvalue weighted by Crippen LogP contribution is -2.47. The molecule has 2 heterocycles. The van der Waals surface area contributed by atoms with Crippen LogP contribution in [-0.4, -0.2) is 45.1 Å². The highest BCUT2D eigenvalue weighted by Crippen LogP contribution is 2.36.